The number of rotatable bonds is 5. The van der Waals surface area contributed by atoms with E-state index in [4.69, 9.17) is 9.47 Å². The van der Waals surface area contributed by atoms with Crippen molar-refractivity contribution in [3.63, 3.8) is 0 Å². The molecular formula is C15H17NO3S. The van der Waals surface area contributed by atoms with E-state index in [1.54, 1.807) is 43.8 Å². The van der Waals surface area contributed by atoms with Crippen molar-refractivity contribution < 1.29 is 14.3 Å². The molecule has 0 aliphatic carbocycles. The normalized spacial score (nSPS) is 11.8. The van der Waals surface area contributed by atoms with Gasteiger partial charge < -0.3 is 14.8 Å². The highest BCUT2D eigenvalue weighted by Gasteiger charge is 2.14. The van der Waals surface area contributed by atoms with E-state index in [0.29, 0.717) is 17.1 Å². The predicted molar refractivity (Wildman–Crippen MR) is 79.7 cm³/mol. The second-order valence-corrected chi connectivity index (χ2v) is 5.29. The molecule has 0 aliphatic rings. The van der Waals surface area contributed by atoms with Gasteiger partial charge in [-0.1, -0.05) is 6.07 Å². The molecule has 1 heterocycles. The Morgan fingerprint density at radius 2 is 1.85 bits per heavy atom. The molecule has 0 radical (unpaired) electrons. The number of carbonyl (C=O) groups excluding carboxylic acids is 1. The smallest absolute Gasteiger partial charge is 0.252 e. The first-order valence-corrected chi connectivity index (χ1v) is 7.09. The third-order valence-electron chi connectivity index (χ3n) is 2.93. The lowest BCUT2D eigenvalue weighted by Gasteiger charge is -2.13. The number of thiophene rings is 1. The molecule has 5 heteroatoms. The van der Waals surface area contributed by atoms with E-state index in [1.807, 2.05) is 24.4 Å². The van der Waals surface area contributed by atoms with Crippen molar-refractivity contribution in [3.8, 4) is 11.5 Å². The van der Waals surface area contributed by atoms with Crippen LogP contribution in [0, 0.1) is 0 Å². The van der Waals surface area contributed by atoms with Gasteiger partial charge in [-0.25, -0.2) is 0 Å². The average molecular weight is 291 g/mol. The summed E-state index contributed by atoms with van der Waals surface area (Å²) in [6, 6.07) is 9.07. The third kappa shape index (κ3) is 3.30. The van der Waals surface area contributed by atoms with Crippen LogP contribution in [-0.2, 0) is 0 Å². The highest BCUT2D eigenvalue weighted by molar-refractivity contribution is 7.10. The lowest BCUT2D eigenvalue weighted by atomic mass is 10.1. The van der Waals surface area contributed by atoms with E-state index in [0.717, 1.165) is 4.88 Å². The number of hydrogen-bond acceptors (Lipinski definition) is 4. The summed E-state index contributed by atoms with van der Waals surface area (Å²) >= 11 is 1.62. The van der Waals surface area contributed by atoms with Gasteiger partial charge in [0, 0.05) is 16.5 Å². The van der Waals surface area contributed by atoms with Gasteiger partial charge in [0.05, 0.1) is 20.3 Å². The molecule has 1 aromatic heterocycles. The molecule has 1 amide bonds. The Bertz CT molecular complexity index is 559. The molecule has 0 saturated carbocycles. The topological polar surface area (TPSA) is 47.6 Å². The fourth-order valence-corrected chi connectivity index (χ4v) is 2.56. The quantitative estimate of drug-likeness (QED) is 0.920. The summed E-state index contributed by atoms with van der Waals surface area (Å²) in [6.07, 6.45) is 0. The lowest BCUT2D eigenvalue weighted by Crippen LogP contribution is -2.26. The van der Waals surface area contributed by atoms with Crippen LogP contribution in [0.2, 0.25) is 0 Å². The molecule has 4 nitrogen and oxygen atoms in total. The maximum atomic E-state index is 12.3. The summed E-state index contributed by atoms with van der Waals surface area (Å²) in [5.41, 5.74) is 0.518. The first-order chi connectivity index (χ1) is 9.63. The van der Waals surface area contributed by atoms with Crippen LogP contribution in [-0.4, -0.2) is 20.1 Å². The van der Waals surface area contributed by atoms with Crippen molar-refractivity contribution in [2.24, 2.45) is 0 Å². The van der Waals surface area contributed by atoms with Crippen molar-refractivity contribution in [1.82, 2.24) is 5.32 Å². The highest BCUT2D eigenvalue weighted by Crippen LogP contribution is 2.24. The molecular weight excluding hydrogens is 274 g/mol. The van der Waals surface area contributed by atoms with Crippen LogP contribution in [0.5, 0.6) is 11.5 Å². The maximum Gasteiger partial charge on any atom is 0.252 e. The standard InChI is InChI=1S/C15H17NO3S/c1-10(14-5-4-6-20-14)16-15(17)11-7-12(18-2)9-13(8-11)19-3/h4-10H,1-3H3,(H,16,17)/t10-/m1/s1. The molecule has 0 fully saturated rings. The molecule has 20 heavy (non-hydrogen) atoms. The van der Waals surface area contributed by atoms with Crippen molar-refractivity contribution in [2.45, 2.75) is 13.0 Å². The molecule has 0 bridgehead atoms. The van der Waals surface area contributed by atoms with Crippen LogP contribution >= 0.6 is 11.3 Å². The minimum atomic E-state index is -0.150. The molecule has 0 aliphatic heterocycles. The largest absolute Gasteiger partial charge is 0.497 e. The molecule has 0 unspecified atom stereocenters. The molecule has 1 aromatic carbocycles. The molecule has 0 saturated heterocycles. The molecule has 2 rings (SSSR count). The number of hydrogen-bond donors (Lipinski definition) is 1. The van der Waals surface area contributed by atoms with Crippen molar-refractivity contribution >= 4 is 17.2 Å². The van der Waals surface area contributed by atoms with Gasteiger partial charge in [0.15, 0.2) is 0 Å². The zero-order valence-electron chi connectivity index (χ0n) is 11.7. The molecule has 0 spiro atoms. The SMILES string of the molecule is COc1cc(OC)cc(C(=O)N[C@H](C)c2cccs2)c1. The monoisotopic (exact) mass is 291 g/mol. The van der Waals surface area contributed by atoms with Crippen molar-refractivity contribution in [1.29, 1.82) is 0 Å². The summed E-state index contributed by atoms with van der Waals surface area (Å²) in [5, 5.41) is 4.95. The Hall–Kier alpha value is -2.01. The summed E-state index contributed by atoms with van der Waals surface area (Å²) in [5.74, 6) is 1.04. The fraction of sp³-hybridized carbons (Fsp3) is 0.267. The third-order valence-corrected chi connectivity index (χ3v) is 3.99. The van der Waals surface area contributed by atoms with Crippen LogP contribution < -0.4 is 14.8 Å². The van der Waals surface area contributed by atoms with Gasteiger partial charge in [0.25, 0.3) is 5.91 Å². The number of nitrogens with one attached hydrogen (secondary N) is 1. The fourth-order valence-electron chi connectivity index (χ4n) is 1.83. The van der Waals surface area contributed by atoms with Crippen LogP contribution in [0.4, 0.5) is 0 Å². The summed E-state index contributed by atoms with van der Waals surface area (Å²) in [6.45, 7) is 1.96. The van der Waals surface area contributed by atoms with E-state index in [1.165, 1.54) is 0 Å². The molecule has 106 valence electrons. The zero-order valence-corrected chi connectivity index (χ0v) is 12.5. The van der Waals surface area contributed by atoms with Crippen LogP contribution in [0.3, 0.4) is 0 Å². The molecule has 2 aromatic rings. The maximum absolute atomic E-state index is 12.3. The first kappa shape index (κ1) is 14.4. The second kappa shape index (κ2) is 6.43. The minimum Gasteiger partial charge on any atom is -0.497 e. The summed E-state index contributed by atoms with van der Waals surface area (Å²) in [4.78, 5) is 13.4. The van der Waals surface area contributed by atoms with Gasteiger partial charge in [-0.15, -0.1) is 11.3 Å². The van der Waals surface area contributed by atoms with Gasteiger partial charge in [-0.3, -0.25) is 4.79 Å². The number of methoxy groups -OCH3 is 2. The van der Waals surface area contributed by atoms with Gasteiger partial charge in [0.1, 0.15) is 11.5 Å². The number of carbonyl (C=O) groups is 1. The highest BCUT2D eigenvalue weighted by atomic mass is 32.1. The number of ether oxygens (including phenoxy) is 2. The van der Waals surface area contributed by atoms with E-state index < -0.39 is 0 Å². The molecule has 1 atom stereocenters. The summed E-state index contributed by atoms with van der Waals surface area (Å²) in [7, 11) is 3.12. The van der Waals surface area contributed by atoms with Crippen LogP contribution in [0.1, 0.15) is 28.2 Å². The van der Waals surface area contributed by atoms with Crippen LogP contribution in [0.25, 0.3) is 0 Å². The first-order valence-electron chi connectivity index (χ1n) is 6.21. The Balaban J connectivity index is 2.16. The zero-order chi connectivity index (χ0) is 14.5. The van der Waals surface area contributed by atoms with E-state index in [9.17, 15) is 4.79 Å². The average Bonchev–Trinajstić information content (AvgIpc) is 3.00. The Morgan fingerprint density at radius 1 is 1.20 bits per heavy atom. The lowest BCUT2D eigenvalue weighted by molar-refractivity contribution is 0.0940. The molecule has 1 N–H and O–H groups in total. The number of benzene rings is 1. The predicted octanol–water partition coefficient (Wildman–Crippen LogP) is 3.26. The van der Waals surface area contributed by atoms with E-state index >= 15 is 0 Å². The van der Waals surface area contributed by atoms with Gasteiger partial charge in [-0.2, -0.15) is 0 Å². The Kier molecular flexibility index (Phi) is 4.63. The second-order valence-electron chi connectivity index (χ2n) is 4.31. The van der Waals surface area contributed by atoms with Crippen LogP contribution in [0.15, 0.2) is 35.7 Å². The van der Waals surface area contributed by atoms with Gasteiger partial charge >= 0.3 is 0 Å². The Morgan fingerprint density at radius 3 is 2.35 bits per heavy atom. The van der Waals surface area contributed by atoms with Crippen molar-refractivity contribution in [3.05, 3.63) is 46.2 Å². The summed E-state index contributed by atoms with van der Waals surface area (Å²) < 4.78 is 10.3. The van der Waals surface area contributed by atoms with Crippen molar-refractivity contribution in [2.75, 3.05) is 14.2 Å². The van der Waals surface area contributed by atoms with E-state index in [-0.39, 0.29) is 11.9 Å². The Labute approximate surface area is 122 Å². The number of amides is 1. The van der Waals surface area contributed by atoms with Gasteiger partial charge in [-0.05, 0) is 30.5 Å². The minimum absolute atomic E-state index is 0.0281. The van der Waals surface area contributed by atoms with Gasteiger partial charge in [0.2, 0.25) is 0 Å². The van der Waals surface area contributed by atoms with E-state index in [2.05, 4.69) is 5.32 Å².